The van der Waals surface area contributed by atoms with Crippen molar-refractivity contribution in [2.75, 3.05) is 7.05 Å². The van der Waals surface area contributed by atoms with Crippen molar-refractivity contribution in [3.8, 4) is 0 Å². The molecule has 2 aliphatic rings. The van der Waals surface area contributed by atoms with Crippen molar-refractivity contribution in [3.05, 3.63) is 35.9 Å². The van der Waals surface area contributed by atoms with Crippen LogP contribution in [0.5, 0.6) is 0 Å². The Kier molecular flexibility index (Phi) is 4.48. The Morgan fingerprint density at radius 3 is 2.50 bits per heavy atom. The molecule has 4 heteroatoms. The molecule has 3 nitrogen and oxygen atoms in total. The minimum atomic E-state index is 0. The lowest BCUT2D eigenvalue weighted by Crippen LogP contribution is -2.40. The molecule has 2 N–H and O–H groups in total. The first kappa shape index (κ1) is 13.6. The van der Waals surface area contributed by atoms with Crippen LogP contribution in [0.15, 0.2) is 35.3 Å². The van der Waals surface area contributed by atoms with E-state index in [9.17, 15) is 0 Å². The molecule has 0 aromatic heterocycles. The normalized spacial score (nSPS) is 26.2. The van der Waals surface area contributed by atoms with Gasteiger partial charge in [0.1, 0.15) is 0 Å². The molecule has 0 spiro atoms. The molecule has 0 aliphatic heterocycles. The highest BCUT2D eigenvalue weighted by Gasteiger charge is 2.39. The molecule has 0 radical (unpaired) electrons. The van der Waals surface area contributed by atoms with Gasteiger partial charge in [-0.05, 0) is 24.8 Å². The molecule has 18 heavy (non-hydrogen) atoms. The van der Waals surface area contributed by atoms with Crippen LogP contribution in [0.3, 0.4) is 0 Å². The first-order valence-electron chi connectivity index (χ1n) is 6.41. The minimum absolute atomic E-state index is 0. The first-order valence-corrected chi connectivity index (χ1v) is 6.41. The van der Waals surface area contributed by atoms with Crippen molar-refractivity contribution < 1.29 is 0 Å². The van der Waals surface area contributed by atoms with Crippen LogP contribution in [-0.4, -0.2) is 25.1 Å². The van der Waals surface area contributed by atoms with Crippen LogP contribution < -0.4 is 10.6 Å². The quantitative estimate of drug-likeness (QED) is 0.496. The highest BCUT2D eigenvalue weighted by atomic mass is 127. The van der Waals surface area contributed by atoms with Crippen LogP contribution >= 0.6 is 24.0 Å². The van der Waals surface area contributed by atoms with E-state index >= 15 is 0 Å². The number of rotatable bonds is 3. The van der Waals surface area contributed by atoms with Crippen molar-refractivity contribution in [3.63, 3.8) is 0 Å². The Balaban J connectivity index is 0.00000120. The molecular formula is C14H20IN3. The lowest BCUT2D eigenvalue weighted by molar-refractivity contribution is 0.787. The highest BCUT2D eigenvalue weighted by Crippen LogP contribution is 2.40. The van der Waals surface area contributed by atoms with E-state index < -0.39 is 0 Å². The Hall–Kier alpha value is -0.780. The van der Waals surface area contributed by atoms with E-state index in [1.807, 2.05) is 7.05 Å². The zero-order chi connectivity index (χ0) is 11.7. The van der Waals surface area contributed by atoms with Crippen molar-refractivity contribution in [1.82, 2.24) is 10.6 Å². The molecule has 98 valence electrons. The maximum Gasteiger partial charge on any atom is 0.191 e. The average Bonchev–Trinajstić information content (AvgIpc) is 3.25. The van der Waals surface area contributed by atoms with Gasteiger partial charge in [0.15, 0.2) is 5.96 Å². The fraction of sp³-hybridized carbons (Fsp3) is 0.500. The van der Waals surface area contributed by atoms with E-state index in [1.54, 1.807) is 0 Å². The van der Waals surface area contributed by atoms with Crippen molar-refractivity contribution >= 4 is 29.9 Å². The molecule has 2 saturated carbocycles. The fourth-order valence-corrected chi connectivity index (χ4v) is 2.19. The highest BCUT2D eigenvalue weighted by molar-refractivity contribution is 14.0. The SMILES string of the molecule is CN=C(NC1CC1)NC1CC1c1ccccc1.I. The molecular weight excluding hydrogens is 337 g/mol. The van der Waals surface area contributed by atoms with Crippen LogP contribution in [0.4, 0.5) is 0 Å². The maximum absolute atomic E-state index is 4.27. The van der Waals surface area contributed by atoms with E-state index in [0.717, 1.165) is 5.96 Å². The number of nitrogens with one attached hydrogen (secondary N) is 2. The summed E-state index contributed by atoms with van der Waals surface area (Å²) in [5.74, 6) is 1.63. The third-order valence-electron chi connectivity index (χ3n) is 3.48. The van der Waals surface area contributed by atoms with E-state index in [0.29, 0.717) is 18.0 Å². The van der Waals surface area contributed by atoms with Crippen LogP contribution in [0.2, 0.25) is 0 Å². The topological polar surface area (TPSA) is 36.4 Å². The van der Waals surface area contributed by atoms with Crippen molar-refractivity contribution in [2.24, 2.45) is 4.99 Å². The van der Waals surface area contributed by atoms with E-state index in [2.05, 4.69) is 46.0 Å². The van der Waals surface area contributed by atoms with E-state index in [-0.39, 0.29) is 24.0 Å². The van der Waals surface area contributed by atoms with Gasteiger partial charge in [-0.1, -0.05) is 30.3 Å². The molecule has 0 amide bonds. The predicted molar refractivity (Wildman–Crippen MR) is 85.7 cm³/mol. The van der Waals surface area contributed by atoms with Gasteiger partial charge in [0, 0.05) is 25.0 Å². The first-order chi connectivity index (χ1) is 8.36. The Morgan fingerprint density at radius 1 is 1.17 bits per heavy atom. The summed E-state index contributed by atoms with van der Waals surface area (Å²) < 4.78 is 0. The van der Waals surface area contributed by atoms with Crippen LogP contribution in [0, 0.1) is 0 Å². The lowest BCUT2D eigenvalue weighted by atomic mass is 10.1. The summed E-state index contributed by atoms with van der Waals surface area (Å²) in [6.07, 6.45) is 3.79. The molecule has 1 aromatic carbocycles. The van der Waals surface area contributed by atoms with Crippen molar-refractivity contribution in [1.29, 1.82) is 0 Å². The molecule has 0 saturated heterocycles. The van der Waals surface area contributed by atoms with Gasteiger partial charge in [-0.15, -0.1) is 24.0 Å². The maximum atomic E-state index is 4.27. The van der Waals surface area contributed by atoms with Gasteiger partial charge in [-0.2, -0.15) is 0 Å². The molecule has 2 atom stereocenters. The molecule has 2 unspecified atom stereocenters. The van der Waals surface area contributed by atoms with Gasteiger partial charge < -0.3 is 10.6 Å². The summed E-state index contributed by atoms with van der Waals surface area (Å²) in [7, 11) is 1.84. The molecule has 0 bridgehead atoms. The van der Waals surface area contributed by atoms with E-state index in [4.69, 9.17) is 0 Å². The third-order valence-corrected chi connectivity index (χ3v) is 3.48. The van der Waals surface area contributed by atoms with E-state index in [1.165, 1.54) is 24.8 Å². The fourth-order valence-electron chi connectivity index (χ4n) is 2.19. The van der Waals surface area contributed by atoms with Crippen LogP contribution in [-0.2, 0) is 0 Å². The summed E-state index contributed by atoms with van der Waals surface area (Å²) in [6, 6.07) is 11.9. The standard InChI is InChI=1S/C14H19N3.HI/c1-15-14(16-11-7-8-11)17-13-9-12(13)10-5-3-2-4-6-10;/h2-6,11-13H,7-9H2,1H3,(H2,15,16,17);1H. The van der Waals surface area contributed by atoms with Gasteiger partial charge in [0.25, 0.3) is 0 Å². The Bertz CT molecular complexity index is 414. The zero-order valence-corrected chi connectivity index (χ0v) is 12.9. The van der Waals surface area contributed by atoms with Gasteiger partial charge in [-0.25, -0.2) is 0 Å². The van der Waals surface area contributed by atoms with Gasteiger partial charge >= 0.3 is 0 Å². The average molecular weight is 357 g/mol. The van der Waals surface area contributed by atoms with Gasteiger partial charge in [-0.3, -0.25) is 4.99 Å². The minimum Gasteiger partial charge on any atom is -0.354 e. The van der Waals surface area contributed by atoms with Crippen LogP contribution in [0.25, 0.3) is 0 Å². The lowest BCUT2D eigenvalue weighted by Gasteiger charge is -2.10. The number of guanidine groups is 1. The number of nitrogens with zero attached hydrogens (tertiary/aromatic N) is 1. The van der Waals surface area contributed by atoms with Crippen molar-refractivity contribution in [2.45, 2.75) is 37.3 Å². The second kappa shape index (κ2) is 5.91. The monoisotopic (exact) mass is 357 g/mol. The molecule has 1 aromatic rings. The molecule has 0 heterocycles. The number of aliphatic imine (C=N–C) groups is 1. The van der Waals surface area contributed by atoms with Gasteiger partial charge in [0.2, 0.25) is 0 Å². The molecule has 3 rings (SSSR count). The smallest absolute Gasteiger partial charge is 0.191 e. The second-order valence-corrected chi connectivity index (χ2v) is 4.99. The number of hydrogen-bond donors (Lipinski definition) is 2. The summed E-state index contributed by atoms with van der Waals surface area (Å²) in [5.41, 5.74) is 1.44. The largest absolute Gasteiger partial charge is 0.354 e. The summed E-state index contributed by atoms with van der Waals surface area (Å²) >= 11 is 0. The second-order valence-electron chi connectivity index (χ2n) is 4.99. The number of halogens is 1. The van der Waals surface area contributed by atoms with Crippen LogP contribution in [0.1, 0.15) is 30.7 Å². The number of hydrogen-bond acceptors (Lipinski definition) is 1. The molecule has 2 fully saturated rings. The summed E-state index contributed by atoms with van der Waals surface area (Å²) in [6.45, 7) is 0. The summed E-state index contributed by atoms with van der Waals surface area (Å²) in [4.78, 5) is 4.27. The third kappa shape index (κ3) is 3.37. The molecule has 2 aliphatic carbocycles. The summed E-state index contributed by atoms with van der Waals surface area (Å²) in [5, 5.41) is 6.92. The Morgan fingerprint density at radius 2 is 1.89 bits per heavy atom. The zero-order valence-electron chi connectivity index (χ0n) is 10.6. The Labute approximate surface area is 125 Å². The number of benzene rings is 1. The predicted octanol–water partition coefficient (Wildman–Crippen LogP) is 2.49. The van der Waals surface area contributed by atoms with Gasteiger partial charge in [0.05, 0.1) is 0 Å².